The molecular weight excluding hydrogens is 200 g/mol. The molecule has 0 heterocycles. The summed E-state index contributed by atoms with van der Waals surface area (Å²) in [5.74, 6) is 6.38. The number of hydrogen-bond donors (Lipinski definition) is 2. The van der Waals surface area contributed by atoms with Gasteiger partial charge in [-0.3, -0.25) is 11.3 Å². The fourth-order valence-electron chi connectivity index (χ4n) is 2.93. The van der Waals surface area contributed by atoms with E-state index < -0.39 is 0 Å². The van der Waals surface area contributed by atoms with E-state index in [9.17, 15) is 0 Å². The average molecular weight is 228 g/mol. The maximum absolute atomic E-state index is 5.87. The Morgan fingerprint density at radius 1 is 1.19 bits per heavy atom. The Labute approximate surface area is 100 Å². The molecule has 0 aromatic carbocycles. The molecule has 0 bridgehead atoms. The molecule has 1 rings (SSSR count). The Bertz CT molecular complexity index is 186. The van der Waals surface area contributed by atoms with Crippen molar-refractivity contribution in [2.24, 2.45) is 11.8 Å². The van der Waals surface area contributed by atoms with Gasteiger partial charge in [-0.2, -0.15) is 0 Å². The van der Waals surface area contributed by atoms with Crippen LogP contribution in [0.15, 0.2) is 0 Å². The summed E-state index contributed by atoms with van der Waals surface area (Å²) in [5.41, 5.74) is 2.97. The van der Waals surface area contributed by atoms with Crippen LogP contribution >= 0.6 is 0 Å². The van der Waals surface area contributed by atoms with Crippen LogP contribution in [0, 0.1) is 5.92 Å². The van der Waals surface area contributed by atoms with Crippen molar-refractivity contribution in [2.75, 3.05) is 7.11 Å². The summed E-state index contributed by atoms with van der Waals surface area (Å²) in [6, 6.07) is 0.288. The fraction of sp³-hybridized carbons (Fsp3) is 1.00. The van der Waals surface area contributed by atoms with E-state index in [2.05, 4.69) is 19.3 Å². The molecule has 3 N–H and O–H groups in total. The van der Waals surface area contributed by atoms with Gasteiger partial charge in [0.25, 0.3) is 0 Å². The van der Waals surface area contributed by atoms with Gasteiger partial charge in [-0.1, -0.05) is 39.5 Å². The molecule has 1 saturated carbocycles. The number of hydrogen-bond acceptors (Lipinski definition) is 3. The second kappa shape index (κ2) is 6.58. The highest BCUT2D eigenvalue weighted by atomic mass is 16.5. The van der Waals surface area contributed by atoms with Crippen LogP contribution in [0.5, 0.6) is 0 Å². The predicted molar refractivity (Wildman–Crippen MR) is 68.0 cm³/mol. The highest BCUT2D eigenvalue weighted by molar-refractivity contribution is 4.93. The molecule has 0 amide bonds. The molecule has 1 aliphatic rings. The summed E-state index contributed by atoms with van der Waals surface area (Å²) in [6.07, 6.45) is 8.59. The van der Waals surface area contributed by atoms with E-state index >= 15 is 0 Å². The topological polar surface area (TPSA) is 47.3 Å². The van der Waals surface area contributed by atoms with Crippen molar-refractivity contribution < 1.29 is 4.74 Å². The largest absolute Gasteiger partial charge is 0.377 e. The lowest BCUT2D eigenvalue weighted by atomic mass is 9.82. The van der Waals surface area contributed by atoms with Crippen molar-refractivity contribution >= 4 is 0 Å². The van der Waals surface area contributed by atoms with Gasteiger partial charge in [0.2, 0.25) is 0 Å². The Morgan fingerprint density at radius 3 is 2.12 bits per heavy atom. The first kappa shape index (κ1) is 13.9. The van der Waals surface area contributed by atoms with Gasteiger partial charge in [0.15, 0.2) is 0 Å². The monoisotopic (exact) mass is 228 g/mol. The SMILES string of the molecule is COC1(C(CC(C)C)NN)CCCCCC1. The number of nitrogens with one attached hydrogen (secondary N) is 1. The minimum Gasteiger partial charge on any atom is -0.377 e. The number of methoxy groups -OCH3 is 1. The lowest BCUT2D eigenvalue weighted by Crippen LogP contribution is -2.54. The van der Waals surface area contributed by atoms with Crippen LogP contribution in [-0.4, -0.2) is 18.8 Å². The van der Waals surface area contributed by atoms with E-state index in [1.165, 1.54) is 25.7 Å². The quantitative estimate of drug-likeness (QED) is 0.432. The van der Waals surface area contributed by atoms with Crippen molar-refractivity contribution in [3.8, 4) is 0 Å². The van der Waals surface area contributed by atoms with Gasteiger partial charge in [-0.25, -0.2) is 0 Å². The molecule has 1 atom stereocenters. The molecule has 0 aliphatic heterocycles. The van der Waals surface area contributed by atoms with E-state index in [4.69, 9.17) is 10.6 Å². The molecule has 3 nitrogen and oxygen atoms in total. The van der Waals surface area contributed by atoms with Gasteiger partial charge in [0, 0.05) is 7.11 Å². The number of rotatable bonds is 5. The van der Waals surface area contributed by atoms with Gasteiger partial charge in [0.05, 0.1) is 11.6 Å². The summed E-state index contributed by atoms with van der Waals surface area (Å²) >= 11 is 0. The lowest BCUT2D eigenvalue weighted by molar-refractivity contribution is -0.0575. The van der Waals surface area contributed by atoms with E-state index in [0.717, 1.165) is 19.3 Å². The van der Waals surface area contributed by atoms with Crippen molar-refractivity contribution in [3.05, 3.63) is 0 Å². The van der Waals surface area contributed by atoms with Crippen LogP contribution in [0.3, 0.4) is 0 Å². The van der Waals surface area contributed by atoms with Crippen LogP contribution in [0.25, 0.3) is 0 Å². The first-order valence-electron chi connectivity index (χ1n) is 6.66. The van der Waals surface area contributed by atoms with Gasteiger partial charge >= 0.3 is 0 Å². The lowest BCUT2D eigenvalue weighted by Gasteiger charge is -2.39. The first-order chi connectivity index (χ1) is 7.64. The number of ether oxygens (including phenoxy) is 1. The molecule has 96 valence electrons. The Hall–Kier alpha value is -0.120. The molecule has 0 saturated heterocycles. The molecule has 1 aliphatic carbocycles. The predicted octanol–water partition coefficient (Wildman–Crippen LogP) is 2.60. The normalized spacial score (nSPS) is 23.1. The second-order valence-corrected chi connectivity index (χ2v) is 5.53. The zero-order valence-electron chi connectivity index (χ0n) is 11.1. The van der Waals surface area contributed by atoms with Crippen LogP contribution in [-0.2, 0) is 4.74 Å². The van der Waals surface area contributed by atoms with E-state index in [0.29, 0.717) is 5.92 Å². The molecule has 0 aromatic rings. The van der Waals surface area contributed by atoms with Gasteiger partial charge in [0.1, 0.15) is 0 Å². The Kier molecular flexibility index (Phi) is 5.73. The third-order valence-corrected chi connectivity index (χ3v) is 3.90. The summed E-state index contributed by atoms with van der Waals surface area (Å²) < 4.78 is 5.87. The molecule has 0 radical (unpaired) electrons. The standard InChI is InChI=1S/C13H28N2O/c1-11(2)10-12(15-14)13(16-3)8-6-4-5-7-9-13/h11-12,15H,4-10,14H2,1-3H3. The third kappa shape index (κ3) is 3.44. The van der Waals surface area contributed by atoms with E-state index in [1.54, 1.807) is 0 Å². The summed E-state index contributed by atoms with van der Waals surface area (Å²) in [4.78, 5) is 0. The smallest absolute Gasteiger partial charge is 0.0844 e. The summed E-state index contributed by atoms with van der Waals surface area (Å²) in [6.45, 7) is 4.48. The zero-order valence-corrected chi connectivity index (χ0v) is 11.1. The molecule has 3 heteroatoms. The van der Waals surface area contributed by atoms with E-state index in [1.807, 2.05) is 7.11 Å². The minimum atomic E-state index is -0.0322. The fourth-order valence-corrected chi connectivity index (χ4v) is 2.93. The Balaban J connectivity index is 2.72. The van der Waals surface area contributed by atoms with Crippen molar-refractivity contribution in [1.82, 2.24) is 5.43 Å². The van der Waals surface area contributed by atoms with E-state index in [-0.39, 0.29) is 11.6 Å². The molecule has 1 unspecified atom stereocenters. The number of hydrazine groups is 1. The van der Waals surface area contributed by atoms with Crippen LogP contribution < -0.4 is 11.3 Å². The van der Waals surface area contributed by atoms with Crippen molar-refractivity contribution in [3.63, 3.8) is 0 Å². The van der Waals surface area contributed by atoms with Gasteiger partial charge in [-0.05, 0) is 25.2 Å². The van der Waals surface area contributed by atoms with Crippen LogP contribution in [0.1, 0.15) is 58.8 Å². The Morgan fingerprint density at radius 2 is 1.75 bits per heavy atom. The summed E-state index contributed by atoms with van der Waals surface area (Å²) in [5, 5.41) is 0. The van der Waals surface area contributed by atoms with Gasteiger partial charge in [-0.15, -0.1) is 0 Å². The zero-order chi connectivity index (χ0) is 12.0. The highest BCUT2D eigenvalue weighted by Crippen LogP contribution is 2.34. The third-order valence-electron chi connectivity index (χ3n) is 3.90. The summed E-state index contributed by atoms with van der Waals surface area (Å²) in [7, 11) is 1.84. The van der Waals surface area contributed by atoms with Crippen molar-refractivity contribution in [2.45, 2.75) is 70.4 Å². The van der Waals surface area contributed by atoms with Crippen molar-refractivity contribution in [1.29, 1.82) is 0 Å². The molecular formula is C13H28N2O. The second-order valence-electron chi connectivity index (χ2n) is 5.53. The molecule has 1 fully saturated rings. The van der Waals surface area contributed by atoms with Crippen LogP contribution in [0.4, 0.5) is 0 Å². The number of nitrogens with two attached hydrogens (primary N) is 1. The highest BCUT2D eigenvalue weighted by Gasteiger charge is 2.38. The maximum atomic E-state index is 5.87. The minimum absolute atomic E-state index is 0.0322. The molecule has 0 spiro atoms. The average Bonchev–Trinajstić information content (AvgIpc) is 2.51. The first-order valence-corrected chi connectivity index (χ1v) is 6.66. The molecule has 0 aromatic heterocycles. The maximum Gasteiger partial charge on any atom is 0.0844 e. The van der Waals surface area contributed by atoms with Crippen LogP contribution in [0.2, 0.25) is 0 Å². The molecule has 16 heavy (non-hydrogen) atoms. The van der Waals surface area contributed by atoms with Gasteiger partial charge < -0.3 is 4.74 Å².